The molecule has 0 saturated carbocycles. The second kappa shape index (κ2) is 7.19. The number of carbonyl (C=O) groups is 3. The second-order valence-electron chi connectivity index (χ2n) is 7.60. The Morgan fingerprint density at radius 1 is 1.19 bits per heavy atom. The van der Waals surface area contributed by atoms with Crippen molar-refractivity contribution in [2.75, 3.05) is 6.54 Å². The summed E-state index contributed by atoms with van der Waals surface area (Å²) in [5.41, 5.74) is -0.601. The minimum absolute atomic E-state index is 0.190. The van der Waals surface area contributed by atoms with Gasteiger partial charge in [0.25, 0.3) is 11.8 Å². The molecule has 1 saturated heterocycles. The first-order valence-corrected chi connectivity index (χ1v) is 9.38. The minimum Gasteiger partial charge on any atom is -0.362 e. The number of hydrogen-bond donors (Lipinski definition) is 4. The second-order valence-corrected chi connectivity index (χ2v) is 7.60. The van der Waals surface area contributed by atoms with Gasteiger partial charge in [0.05, 0.1) is 6.54 Å². The summed E-state index contributed by atoms with van der Waals surface area (Å²) in [5.74, 6) is 1.10. The number of urea groups is 1. The summed E-state index contributed by atoms with van der Waals surface area (Å²) in [6.45, 7) is 1.07. The summed E-state index contributed by atoms with van der Waals surface area (Å²) in [4.78, 5) is 38.6. The van der Waals surface area contributed by atoms with Gasteiger partial charge in [0.2, 0.25) is 5.54 Å². The highest BCUT2D eigenvalue weighted by molar-refractivity contribution is 6.10. The number of nitrogens with one attached hydrogen (secondary N) is 2. The van der Waals surface area contributed by atoms with Crippen LogP contribution in [0.3, 0.4) is 0 Å². The molecule has 0 aromatic heterocycles. The maximum Gasteiger partial charge on any atom is 0.323 e. The first kappa shape index (κ1) is 20.5. The summed E-state index contributed by atoms with van der Waals surface area (Å²) in [6.07, 6.45) is 0. The van der Waals surface area contributed by atoms with Crippen LogP contribution in [0.25, 0.3) is 0 Å². The molecule has 2 aliphatic heterocycles. The molecule has 0 spiro atoms. The Balaban J connectivity index is 1.68. The number of carbonyl (C=O) groups excluding carboxylic acids is 3. The van der Waals surface area contributed by atoms with Crippen molar-refractivity contribution < 1.29 is 29.0 Å². The lowest BCUT2D eigenvalue weighted by Gasteiger charge is -2.26. The Labute approximate surface area is 176 Å². The van der Waals surface area contributed by atoms with E-state index < -0.39 is 34.6 Å². The van der Waals surface area contributed by atoms with Gasteiger partial charge in [0.1, 0.15) is 5.82 Å². The molecule has 1 fully saturated rings. The van der Waals surface area contributed by atoms with E-state index in [-0.39, 0.29) is 24.6 Å². The lowest BCUT2D eigenvalue weighted by atomic mass is 9.98. The van der Waals surface area contributed by atoms with Gasteiger partial charge in [-0.15, -0.1) is 0 Å². The van der Waals surface area contributed by atoms with Gasteiger partial charge in [-0.1, -0.05) is 30.0 Å². The number of aliphatic hydroxyl groups is 2. The lowest BCUT2D eigenvalue weighted by Crippen LogP contribution is -2.54. The molecule has 0 bridgehead atoms. The van der Waals surface area contributed by atoms with Crippen LogP contribution in [-0.4, -0.2) is 45.0 Å². The topological polar surface area (TPSA) is 119 Å². The number of amides is 4. The van der Waals surface area contributed by atoms with Crippen molar-refractivity contribution in [3.8, 4) is 11.8 Å². The third kappa shape index (κ3) is 3.74. The molecule has 1 atom stereocenters. The zero-order valence-electron chi connectivity index (χ0n) is 16.4. The normalized spacial score (nSPS) is 20.1. The SMILES string of the molecule is CC(O)(O)c1cc(C#C[C@]2(CN3Cc4ccccc4C3=O)NC(=O)NC2=O)ccc1F. The van der Waals surface area contributed by atoms with Crippen molar-refractivity contribution in [1.29, 1.82) is 0 Å². The van der Waals surface area contributed by atoms with E-state index in [0.29, 0.717) is 5.56 Å². The van der Waals surface area contributed by atoms with Crippen LogP contribution >= 0.6 is 0 Å². The third-order valence-corrected chi connectivity index (χ3v) is 5.16. The molecule has 31 heavy (non-hydrogen) atoms. The van der Waals surface area contributed by atoms with E-state index in [0.717, 1.165) is 24.6 Å². The molecule has 2 heterocycles. The lowest BCUT2D eigenvalue weighted by molar-refractivity contribution is -0.154. The average Bonchev–Trinajstić information content (AvgIpc) is 3.16. The zero-order valence-corrected chi connectivity index (χ0v) is 16.4. The maximum atomic E-state index is 13.9. The Bertz CT molecular complexity index is 1180. The van der Waals surface area contributed by atoms with E-state index in [9.17, 15) is 29.0 Å². The number of fused-ring (bicyclic) bond motifs is 1. The standard InChI is InChI=1S/C22H18FN3O5/c1-21(30,31)16-10-13(6-7-17(16)23)8-9-22(19(28)24-20(29)25-22)12-26-11-14-4-2-3-5-15(14)18(26)27/h2-7,10,30-31H,11-12H2,1H3,(H2,24,25,28,29)/t22-/m1/s1. The Kier molecular flexibility index (Phi) is 4.76. The molecular weight excluding hydrogens is 405 g/mol. The Morgan fingerprint density at radius 3 is 2.58 bits per heavy atom. The van der Waals surface area contributed by atoms with Crippen LogP contribution in [0.4, 0.5) is 9.18 Å². The van der Waals surface area contributed by atoms with Crippen LogP contribution in [-0.2, 0) is 17.1 Å². The Hall–Kier alpha value is -3.74. The third-order valence-electron chi connectivity index (χ3n) is 5.16. The molecule has 9 heteroatoms. The van der Waals surface area contributed by atoms with Crippen molar-refractivity contribution in [3.63, 3.8) is 0 Å². The largest absolute Gasteiger partial charge is 0.362 e. The van der Waals surface area contributed by atoms with Crippen molar-refractivity contribution in [3.05, 3.63) is 70.5 Å². The van der Waals surface area contributed by atoms with E-state index >= 15 is 0 Å². The summed E-state index contributed by atoms with van der Waals surface area (Å²) in [7, 11) is 0. The molecule has 2 aromatic carbocycles. The molecular formula is C22H18FN3O5. The van der Waals surface area contributed by atoms with Gasteiger partial charge in [-0.3, -0.25) is 14.9 Å². The molecule has 8 nitrogen and oxygen atoms in total. The van der Waals surface area contributed by atoms with Gasteiger partial charge in [0, 0.05) is 23.2 Å². The van der Waals surface area contributed by atoms with E-state index in [1.807, 2.05) is 0 Å². The fraction of sp³-hybridized carbons (Fsp3) is 0.227. The molecule has 2 aromatic rings. The molecule has 4 amide bonds. The van der Waals surface area contributed by atoms with Crippen molar-refractivity contribution in [1.82, 2.24) is 15.5 Å². The number of halogens is 1. The molecule has 0 unspecified atom stereocenters. The highest BCUT2D eigenvalue weighted by atomic mass is 19.1. The van der Waals surface area contributed by atoms with E-state index in [4.69, 9.17) is 0 Å². The van der Waals surface area contributed by atoms with Gasteiger partial charge in [-0.2, -0.15) is 0 Å². The molecule has 4 N–H and O–H groups in total. The highest BCUT2D eigenvalue weighted by Gasteiger charge is 2.48. The molecule has 0 radical (unpaired) electrons. The monoisotopic (exact) mass is 423 g/mol. The quantitative estimate of drug-likeness (QED) is 0.327. The van der Waals surface area contributed by atoms with Gasteiger partial charge in [-0.25, -0.2) is 9.18 Å². The van der Waals surface area contributed by atoms with Gasteiger partial charge in [0.15, 0.2) is 5.79 Å². The number of benzene rings is 2. The number of rotatable bonds is 3. The van der Waals surface area contributed by atoms with Gasteiger partial charge in [-0.05, 0) is 36.8 Å². The predicted molar refractivity (Wildman–Crippen MR) is 106 cm³/mol. The summed E-state index contributed by atoms with van der Waals surface area (Å²) in [6, 6.07) is 9.74. The van der Waals surface area contributed by atoms with Crippen LogP contribution in [0.5, 0.6) is 0 Å². The minimum atomic E-state index is -2.42. The van der Waals surface area contributed by atoms with E-state index in [2.05, 4.69) is 22.5 Å². The van der Waals surface area contributed by atoms with Gasteiger partial charge >= 0.3 is 6.03 Å². The fourth-order valence-corrected chi connectivity index (χ4v) is 3.60. The van der Waals surface area contributed by atoms with Crippen LogP contribution in [0.2, 0.25) is 0 Å². The van der Waals surface area contributed by atoms with Crippen LogP contribution in [0.15, 0.2) is 42.5 Å². The fourth-order valence-electron chi connectivity index (χ4n) is 3.60. The smallest absolute Gasteiger partial charge is 0.323 e. The van der Waals surface area contributed by atoms with Gasteiger partial charge < -0.3 is 20.4 Å². The first-order chi connectivity index (χ1) is 14.6. The van der Waals surface area contributed by atoms with Crippen LogP contribution in [0.1, 0.15) is 34.0 Å². The molecule has 4 rings (SSSR count). The van der Waals surface area contributed by atoms with Crippen molar-refractivity contribution >= 4 is 17.8 Å². The van der Waals surface area contributed by atoms with Crippen molar-refractivity contribution in [2.24, 2.45) is 0 Å². The summed E-state index contributed by atoms with van der Waals surface area (Å²) in [5, 5.41) is 24.0. The molecule has 0 aliphatic carbocycles. The summed E-state index contributed by atoms with van der Waals surface area (Å²) >= 11 is 0. The molecule has 158 valence electrons. The summed E-state index contributed by atoms with van der Waals surface area (Å²) < 4.78 is 13.9. The first-order valence-electron chi connectivity index (χ1n) is 9.38. The molecule has 2 aliphatic rings. The number of nitrogens with zero attached hydrogens (tertiary/aromatic N) is 1. The number of imide groups is 1. The van der Waals surface area contributed by atoms with E-state index in [1.54, 1.807) is 24.3 Å². The Morgan fingerprint density at radius 2 is 1.94 bits per heavy atom. The van der Waals surface area contributed by atoms with Crippen LogP contribution < -0.4 is 10.6 Å². The average molecular weight is 423 g/mol. The van der Waals surface area contributed by atoms with Crippen molar-refractivity contribution in [2.45, 2.75) is 24.8 Å². The maximum absolute atomic E-state index is 13.9. The highest BCUT2D eigenvalue weighted by Crippen LogP contribution is 2.26. The number of hydrogen-bond acceptors (Lipinski definition) is 5. The van der Waals surface area contributed by atoms with Crippen LogP contribution in [0, 0.1) is 17.7 Å². The zero-order chi connectivity index (χ0) is 22.4. The predicted octanol–water partition coefficient (Wildman–Crippen LogP) is 0.569. The van der Waals surface area contributed by atoms with E-state index in [1.165, 1.54) is 11.0 Å².